The molecule has 1 rings (SSSR count). The lowest BCUT2D eigenvalue weighted by molar-refractivity contribution is 0.131. The highest BCUT2D eigenvalue weighted by molar-refractivity contribution is 5.23. The Morgan fingerprint density at radius 1 is 1.19 bits per heavy atom. The van der Waals surface area contributed by atoms with E-state index in [-0.39, 0.29) is 0 Å². The van der Waals surface area contributed by atoms with E-state index in [1.807, 2.05) is 19.3 Å². The molecule has 90 valence electrons. The van der Waals surface area contributed by atoms with E-state index in [0.717, 1.165) is 38.2 Å². The molecule has 0 amide bonds. The van der Waals surface area contributed by atoms with Gasteiger partial charge in [0.15, 0.2) is 0 Å². The molecule has 0 spiro atoms. The van der Waals surface area contributed by atoms with Gasteiger partial charge in [-0.15, -0.1) is 0 Å². The van der Waals surface area contributed by atoms with Gasteiger partial charge in [0.25, 0.3) is 0 Å². The molecule has 0 aliphatic rings. The van der Waals surface area contributed by atoms with Crippen molar-refractivity contribution in [2.75, 3.05) is 25.1 Å². The van der Waals surface area contributed by atoms with Crippen LogP contribution in [0.5, 0.6) is 0 Å². The first-order valence-corrected chi connectivity index (χ1v) is 5.93. The molecule has 0 aliphatic heterocycles. The van der Waals surface area contributed by atoms with Gasteiger partial charge in [-0.05, 0) is 25.3 Å². The quantitative estimate of drug-likeness (QED) is 0.687. The number of hydrogen-bond acceptors (Lipinski definition) is 4. The van der Waals surface area contributed by atoms with Crippen LogP contribution in [0.25, 0.3) is 0 Å². The lowest BCUT2D eigenvalue weighted by Crippen LogP contribution is -2.08. The fourth-order valence-electron chi connectivity index (χ4n) is 1.21. The normalized spacial score (nSPS) is 10.4. The molecular formula is C12H21N3O. The van der Waals surface area contributed by atoms with Crippen molar-refractivity contribution < 1.29 is 4.74 Å². The van der Waals surface area contributed by atoms with E-state index in [1.54, 1.807) is 0 Å². The van der Waals surface area contributed by atoms with Crippen LogP contribution in [0.2, 0.25) is 0 Å². The summed E-state index contributed by atoms with van der Waals surface area (Å²) in [5.41, 5.74) is 1.08. The van der Waals surface area contributed by atoms with Crippen LogP contribution < -0.4 is 5.32 Å². The summed E-state index contributed by atoms with van der Waals surface area (Å²) in [5, 5.41) is 3.16. The van der Waals surface area contributed by atoms with E-state index in [9.17, 15) is 0 Å². The highest BCUT2D eigenvalue weighted by Gasteiger charge is 1.94. The molecule has 0 unspecified atom stereocenters. The van der Waals surface area contributed by atoms with Crippen molar-refractivity contribution in [2.45, 2.75) is 33.1 Å². The summed E-state index contributed by atoms with van der Waals surface area (Å²) in [7, 11) is 0. The minimum Gasteiger partial charge on any atom is -0.381 e. The molecule has 0 saturated carbocycles. The first-order valence-electron chi connectivity index (χ1n) is 5.93. The first kappa shape index (κ1) is 12.9. The van der Waals surface area contributed by atoms with Gasteiger partial charge in [-0.3, -0.25) is 0 Å². The lowest BCUT2D eigenvalue weighted by atomic mass is 10.4. The molecule has 0 bridgehead atoms. The van der Waals surface area contributed by atoms with Crippen LogP contribution >= 0.6 is 0 Å². The number of hydrogen-bond donors (Lipinski definition) is 1. The smallest absolute Gasteiger partial charge is 0.222 e. The zero-order valence-corrected chi connectivity index (χ0v) is 10.2. The second-order valence-electron chi connectivity index (χ2n) is 3.83. The molecule has 0 atom stereocenters. The van der Waals surface area contributed by atoms with Crippen LogP contribution in [0.15, 0.2) is 12.4 Å². The predicted molar refractivity (Wildman–Crippen MR) is 65.6 cm³/mol. The molecule has 1 heterocycles. The van der Waals surface area contributed by atoms with Crippen LogP contribution in [0.3, 0.4) is 0 Å². The number of nitrogens with zero attached hydrogens (tertiary/aromatic N) is 2. The van der Waals surface area contributed by atoms with Gasteiger partial charge in [0.05, 0.1) is 0 Å². The summed E-state index contributed by atoms with van der Waals surface area (Å²) in [6.45, 7) is 6.68. The number of ether oxygens (including phenoxy) is 1. The molecule has 0 fully saturated rings. The Bertz CT molecular complexity index is 274. The zero-order valence-electron chi connectivity index (χ0n) is 10.2. The highest BCUT2D eigenvalue weighted by atomic mass is 16.5. The third-order valence-electron chi connectivity index (χ3n) is 2.17. The van der Waals surface area contributed by atoms with Gasteiger partial charge in [0, 0.05) is 32.2 Å². The SMILES string of the molecule is CCCCOCCCNc1ncc(C)cn1. The van der Waals surface area contributed by atoms with Crippen LogP contribution in [0.4, 0.5) is 5.95 Å². The maximum Gasteiger partial charge on any atom is 0.222 e. The number of anilines is 1. The molecule has 1 aromatic rings. The summed E-state index contributed by atoms with van der Waals surface area (Å²) in [6.07, 6.45) is 6.95. The summed E-state index contributed by atoms with van der Waals surface area (Å²) >= 11 is 0. The van der Waals surface area contributed by atoms with Crippen molar-refractivity contribution in [1.29, 1.82) is 0 Å². The maximum absolute atomic E-state index is 5.45. The maximum atomic E-state index is 5.45. The first-order chi connectivity index (χ1) is 7.83. The minimum absolute atomic E-state index is 0.694. The predicted octanol–water partition coefficient (Wildman–Crippen LogP) is 2.40. The second kappa shape index (κ2) is 8.05. The summed E-state index contributed by atoms with van der Waals surface area (Å²) in [4.78, 5) is 8.32. The molecule has 4 heteroatoms. The standard InChI is InChI=1S/C12H21N3O/c1-3-4-7-16-8-5-6-13-12-14-9-11(2)10-15-12/h9-10H,3-8H2,1-2H3,(H,13,14,15). The van der Waals surface area contributed by atoms with Gasteiger partial charge in [-0.25, -0.2) is 9.97 Å². The van der Waals surface area contributed by atoms with E-state index >= 15 is 0 Å². The fourth-order valence-corrected chi connectivity index (χ4v) is 1.21. The molecule has 1 N–H and O–H groups in total. The van der Waals surface area contributed by atoms with Gasteiger partial charge in [-0.2, -0.15) is 0 Å². The van der Waals surface area contributed by atoms with Crippen molar-refractivity contribution >= 4 is 5.95 Å². The van der Waals surface area contributed by atoms with Gasteiger partial charge in [-0.1, -0.05) is 13.3 Å². The molecular weight excluding hydrogens is 202 g/mol. The third-order valence-corrected chi connectivity index (χ3v) is 2.17. The topological polar surface area (TPSA) is 47.0 Å². The molecule has 0 radical (unpaired) electrons. The van der Waals surface area contributed by atoms with E-state index in [1.165, 1.54) is 6.42 Å². The molecule has 0 aromatic carbocycles. The number of unbranched alkanes of at least 4 members (excludes halogenated alkanes) is 1. The fraction of sp³-hybridized carbons (Fsp3) is 0.667. The van der Waals surface area contributed by atoms with Gasteiger partial charge >= 0.3 is 0 Å². The Morgan fingerprint density at radius 2 is 1.88 bits per heavy atom. The molecule has 0 aliphatic carbocycles. The molecule has 1 aromatic heterocycles. The Morgan fingerprint density at radius 3 is 2.56 bits per heavy atom. The van der Waals surface area contributed by atoms with E-state index in [4.69, 9.17) is 4.74 Å². The van der Waals surface area contributed by atoms with Crippen LogP contribution in [-0.2, 0) is 4.74 Å². The van der Waals surface area contributed by atoms with Crippen LogP contribution in [-0.4, -0.2) is 29.7 Å². The molecule has 0 saturated heterocycles. The summed E-state index contributed by atoms with van der Waals surface area (Å²) < 4.78 is 5.45. The van der Waals surface area contributed by atoms with Gasteiger partial charge in [0.1, 0.15) is 0 Å². The van der Waals surface area contributed by atoms with Gasteiger partial charge in [0.2, 0.25) is 5.95 Å². The van der Waals surface area contributed by atoms with Crippen molar-refractivity contribution in [3.05, 3.63) is 18.0 Å². The van der Waals surface area contributed by atoms with Crippen molar-refractivity contribution in [1.82, 2.24) is 9.97 Å². The minimum atomic E-state index is 0.694. The highest BCUT2D eigenvalue weighted by Crippen LogP contribution is 1.98. The van der Waals surface area contributed by atoms with E-state index in [2.05, 4.69) is 22.2 Å². The lowest BCUT2D eigenvalue weighted by Gasteiger charge is -2.05. The van der Waals surface area contributed by atoms with Crippen molar-refractivity contribution in [3.63, 3.8) is 0 Å². The monoisotopic (exact) mass is 223 g/mol. The average molecular weight is 223 g/mol. The second-order valence-corrected chi connectivity index (χ2v) is 3.83. The molecule has 4 nitrogen and oxygen atoms in total. The van der Waals surface area contributed by atoms with Crippen LogP contribution in [0.1, 0.15) is 31.7 Å². The average Bonchev–Trinajstić information content (AvgIpc) is 2.30. The number of aromatic nitrogens is 2. The number of rotatable bonds is 8. The summed E-state index contributed by atoms with van der Waals surface area (Å²) in [6, 6.07) is 0. The van der Waals surface area contributed by atoms with Crippen molar-refractivity contribution in [2.24, 2.45) is 0 Å². The number of aryl methyl sites for hydroxylation is 1. The zero-order chi connectivity index (χ0) is 11.6. The molecule has 16 heavy (non-hydrogen) atoms. The Balaban J connectivity index is 2.01. The van der Waals surface area contributed by atoms with Crippen molar-refractivity contribution in [3.8, 4) is 0 Å². The number of nitrogens with one attached hydrogen (secondary N) is 1. The van der Waals surface area contributed by atoms with Crippen LogP contribution in [0, 0.1) is 6.92 Å². The largest absolute Gasteiger partial charge is 0.381 e. The Kier molecular flexibility index (Phi) is 6.49. The van der Waals surface area contributed by atoms with Gasteiger partial charge < -0.3 is 10.1 Å². The van der Waals surface area contributed by atoms with E-state index in [0.29, 0.717) is 5.95 Å². The van der Waals surface area contributed by atoms with E-state index < -0.39 is 0 Å². The Labute approximate surface area is 97.5 Å². The summed E-state index contributed by atoms with van der Waals surface area (Å²) in [5.74, 6) is 0.694. The third kappa shape index (κ3) is 5.66. The Hall–Kier alpha value is -1.16.